The number of pyridine rings is 2. The molecule has 2 aliphatic heterocycles. The first kappa shape index (κ1) is 29.8. The number of hydrogen-bond donors (Lipinski definition) is 0. The Morgan fingerprint density at radius 2 is 0.795 bits per heavy atom. The summed E-state index contributed by atoms with van der Waals surface area (Å²) in [5.74, 6) is -2.02. The van der Waals surface area contributed by atoms with E-state index in [0.717, 1.165) is 21.8 Å². The van der Waals surface area contributed by atoms with Crippen LogP contribution in [-0.4, -0.2) is 23.6 Å². The van der Waals surface area contributed by atoms with Crippen LogP contribution in [0.3, 0.4) is 0 Å². The molecule has 4 amide bonds. The van der Waals surface area contributed by atoms with Gasteiger partial charge >= 0.3 is 0 Å². The highest BCUT2D eigenvalue weighted by molar-refractivity contribution is 6.42. The topological polar surface area (TPSA) is 82.5 Å². The number of imide groups is 2. The van der Waals surface area contributed by atoms with Gasteiger partial charge in [0.05, 0.1) is 0 Å². The predicted octanol–water partition coefficient (Wildman–Crippen LogP) is -1.60. The first-order chi connectivity index (χ1) is 20.3. The molecule has 2 aromatic heterocycles. The number of benzene rings is 4. The van der Waals surface area contributed by atoms with Gasteiger partial charge in [0.15, 0.2) is 12.4 Å². The number of carbonyl (C=O) groups excluding carboxylic acids is 4. The van der Waals surface area contributed by atoms with Crippen molar-refractivity contribution in [2.45, 2.75) is 0 Å². The highest BCUT2D eigenvalue weighted by atomic mass is 127. The maximum absolute atomic E-state index is 13.9. The van der Waals surface area contributed by atoms with Crippen molar-refractivity contribution in [2.75, 3.05) is 9.80 Å². The molecule has 0 unspecified atom stereocenters. The molecule has 0 saturated carbocycles. The number of amides is 4. The lowest BCUT2D eigenvalue weighted by Gasteiger charge is -2.31. The molecule has 0 atom stereocenters. The molecule has 4 heterocycles. The van der Waals surface area contributed by atoms with Gasteiger partial charge in [0.2, 0.25) is 11.0 Å². The number of aromatic nitrogens is 2. The van der Waals surface area contributed by atoms with Crippen LogP contribution >= 0.6 is 0 Å². The number of anilines is 2. The van der Waals surface area contributed by atoms with Crippen molar-refractivity contribution in [3.8, 4) is 0 Å². The first-order valence-corrected chi connectivity index (χ1v) is 13.5. The predicted molar refractivity (Wildman–Crippen MR) is 156 cm³/mol. The quantitative estimate of drug-likeness (QED) is 0.120. The van der Waals surface area contributed by atoms with Crippen LogP contribution in [0.15, 0.2) is 97.3 Å². The lowest BCUT2D eigenvalue weighted by molar-refractivity contribution is -0.644. The van der Waals surface area contributed by atoms with Crippen LogP contribution in [-0.2, 0) is 14.1 Å². The number of nitrogens with zero attached hydrogens (tertiary/aromatic N) is 4. The van der Waals surface area contributed by atoms with E-state index in [1.54, 1.807) is 36.7 Å². The van der Waals surface area contributed by atoms with Gasteiger partial charge in [-0.25, -0.2) is 9.80 Å². The van der Waals surface area contributed by atoms with Crippen LogP contribution in [0.25, 0.3) is 32.6 Å². The molecule has 216 valence electrons. The van der Waals surface area contributed by atoms with E-state index < -0.39 is 23.6 Å². The molecular weight excluding hydrogens is 782 g/mol. The summed E-state index contributed by atoms with van der Waals surface area (Å²) in [6, 6.07) is 25.4. The third-order valence-electron chi connectivity index (χ3n) is 8.30. The Morgan fingerprint density at radius 3 is 1.14 bits per heavy atom. The summed E-state index contributed by atoms with van der Waals surface area (Å²) in [6.45, 7) is 0. The van der Waals surface area contributed by atoms with Crippen LogP contribution < -0.4 is 66.9 Å². The minimum atomic E-state index is -0.504. The van der Waals surface area contributed by atoms with E-state index in [9.17, 15) is 19.2 Å². The van der Waals surface area contributed by atoms with Gasteiger partial charge in [-0.1, -0.05) is 24.3 Å². The van der Waals surface area contributed by atoms with E-state index in [2.05, 4.69) is 0 Å². The first-order valence-electron chi connectivity index (χ1n) is 13.5. The Balaban J connectivity index is 0.00000171. The van der Waals surface area contributed by atoms with Crippen molar-refractivity contribution >= 4 is 67.6 Å². The largest absolute Gasteiger partial charge is 1.00 e. The maximum Gasteiger partial charge on any atom is 0.266 e. The van der Waals surface area contributed by atoms with Crippen LogP contribution in [0.5, 0.6) is 0 Å². The van der Waals surface area contributed by atoms with Crippen molar-refractivity contribution in [2.24, 2.45) is 14.1 Å². The van der Waals surface area contributed by atoms with Crippen molar-refractivity contribution in [1.29, 1.82) is 0 Å². The van der Waals surface area contributed by atoms with Gasteiger partial charge in [-0.05, 0) is 48.5 Å². The lowest BCUT2D eigenvalue weighted by atomic mass is 9.85. The monoisotopic (exact) mass is 804 g/mol. The van der Waals surface area contributed by atoms with Crippen molar-refractivity contribution < 1.29 is 76.3 Å². The molecule has 10 heteroatoms. The lowest BCUT2D eigenvalue weighted by Crippen LogP contribution is -3.00. The molecule has 0 saturated heterocycles. The minimum Gasteiger partial charge on any atom is -1.00 e. The van der Waals surface area contributed by atoms with Crippen LogP contribution in [0.2, 0.25) is 0 Å². The molecule has 4 aromatic carbocycles. The normalized spacial score (nSPS) is 13.9. The molecule has 8 rings (SSSR count). The van der Waals surface area contributed by atoms with Crippen LogP contribution in [0.1, 0.15) is 41.4 Å². The summed E-state index contributed by atoms with van der Waals surface area (Å²) >= 11 is 0. The standard InChI is InChI=1S/C34H22N4O4.2HI/c1-35-17-21(15-19-7-3-5-9-27(19)35)37-31(39)23-11-13-25-30-26(14-12-24(29(23)30)32(37)40)34(42)38(33(25)41)22-16-20-8-4-6-10-28(20)36(2)18-22;;/h3-18H,1-2H3;2*1H/q+2;;/p-2. The van der Waals surface area contributed by atoms with E-state index in [0.29, 0.717) is 22.1 Å². The Bertz CT molecular complexity index is 2050. The zero-order chi connectivity index (χ0) is 28.9. The van der Waals surface area contributed by atoms with Gasteiger partial charge in [-0.15, -0.1) is 0 Å². The summed E-state index contributed by atoms with van der Waals surface area (Å²) in [5.41, 5.74) is 3.87. The molecule has 0 spiro atoms. The molecule has 44 heavy (non-hydrogen) atoms. The van der Waals surface area contributed by atoms with Gasteiger partial charge in [0.25, 0.3) is 23.6 Å². The minimum absolute atomic E-state index is 0. The van der Waals surface area contributed by atoms with Crippen molar-refractivity contribution in [1.82, 2.24) is 0 Å². The second kappa shape index (κ2) is 10.7. The van der Waals surface area contributed by atoms with Crippen molar-refractivity contribution in [3.05, 3.63) is 120 Å². The average molecular weight is 804 g/mol. The number of fused-ring (bicyclic) bond motifs is 2. The number of carbonyl (C=O) groups is 4. The molecular formula is C34H22I2N4O4. The molecule has 0 fully saturated rings. The third kappa shape index (κ3) is 4.07. The van der Waals surface area contributed by atoms with E-state index in [1.807, 2.05) is 83.9 Å². The van der Waals surface area contributed by atoms with Gasteiger partial charge in [-0.3, -0.25) is 19.2 Å². The molecule has 0 aliphatic carbocycles. The second-order valence-corrected chi connectivity index (χ2v) is 10.7. The maximum atomic E-state index is 13.9. The number of rotatable bonds is 2. The summed E-state index contributed by atoms with van der Waals surface area (Å²) in [7, 11) is 3.73. The van der Waals surface area contributed by atoms with Crippen molar-refractivity contribution in [3.63, 3.8) is 0 Å². The fraction of sp³-hybridized carbons (Fsp3) is 0.0588. The average Bonchev–Trinajstić information content (AvgIpc) is 2.99. The fourth-order valence-electron chi connectivity index (χ4n) is 6.38. The molecule has 0 bridgehead atoms. The second-order valence-electron chi connectivity index (χ2n) is 10.7. The Morgan fingerprint density at radius 1 is 0.477 bits per heavy atom. The van der Waals surface area contributed by atoms with E-state index in [1.165, 1.54) is 9.80 Å². The van der Waals surface area contributed by atoms with Gasteiger partial charge < -0.3 is 48.0 Å². The Kier molecular flexibility index (Phi) is 7.24. The number of para-hydroxylation sites is 2. The van der Waals surface area contributed by atoms with Gasteiger partial charge in [-0.2, -0.15) is 9.13 Å². The van der Waals surface area contributed by atoms with Gasteiger partial charge in [0, 0.05) is 55.9 Å². The van der Waals surface area contributed by atoms with Gasteiger partial charge in [0.1, 0.15) is 25.5 Å². The molecule has 0 radical (unpaired) electrons. The molecule has 6 aromatic rings. The van der Waals surface area contributed by atoms with E-state index >= 15 is 0 Å². The highest BCUT2D eigenvalue weighted by Crippen LogP contribution is 2.40. The third-order valence-corrected chi connectivity index (χ3v) is 8.30. The molecule has 8 nitrogen and oxygen atoms in total. The molecule has 2 aliphatic rings. The summed E-state index contributed by atoms with van der Waals surface area (Å²) in [6.07, 6.45) is 3.50. The fourth-order valence-corrected chi connectivity index (χ4v) is 6.38. The number of hydrogen-bond acceptors (Lipinski definition) is 4. The zero-order valence-electron chi connectivity index (χ0n) is 23.4. The van der Waals surface area contributed by atoms with Crippen LogP contribution in [0, 0.1) is 0 Å². The number of aryl methyl sites for hydroxylation is 2. The van der Waals surface area contributed by atoms with E-state index in [4.69, 9.17) is 0 Å². The zero-order valence-corrected chi connectivity index (χ0v) is 27.7. The SMILES string of the molecule is C[n+]1cc(N2C(=O)c3ccc4c5c(ccc(c35)C2=O)C(=O)N(c2cc3ccccc3[n+](C)c2)C4=O)cc2ccccc21.[I-].[I-]. The Hall–Kier alpha value is -4.30. The smallest absolute Gasteiger partial charge is 0.266 e. The summed E-state index contributed by atoms with van der Waals surface area (Å²) < 4.78 is 3.75. The summed E-state index contributed by atoms with van der Waals surface area (Å²) in [5, 5.41) is 2.44. The van der Waals surface area contributed by atoms with E-state index in [-0.39, 0.29) is 70.2 Å². The molecule has 0 N–H and O–H groups in total. The Labute approximate surface area is 285 Å². The summed E-state index contributed by atoms with van der Waals surface area (Å²) in [4.78, 5) is 58.0. The van der Waals surface area contributed by atoms with Crippen LogP contribution in [0.4, 0.5) is 11.4 Å². The highest BCUT2D eigenvalue weighted by Gasteiger charge is 2.41. The number of halogens is 2.